The third-order valence-electron chi connectivity index (χ3n) is 2.74. The first-order valence-electron chi connectivity index (χ1n) is 4.96. The second-order valence-corrected chi connectivity index (χ2v) is 5.56. The number of fused-ring (bicyclic) bond motifs is 1. The Kier molecular flexibility index (Phi) is 3.69. The minimum Gasteiger partial charge on any atom is -0.313 e. The summed E-state index contributed by atoms with van der Waals surface area (Å²) in [6.45, 7) is 0. The lowest BCUT2D eigenvalue weighted by atomic mass is 9.99. The summed E-state index contributed by atoms with van der Waals surface area (Å²) in [7, 11) is 1.93. The zero-order valence-corrected chi connectivity index (χ0v) is 10.9. The minimum atomic E-state index is -0.0807. The van der Waals surface area contributed by atoms with Crippen LogP contribution < -0.4 is 5.32 Å². The van der Waals surface area contributed by atoms with E-state index in [4.69, 9.17) is 0 Å². The normalized spacial score (nSPS) is 20.9. The highest BCUT2D eigenvalue weighted by atomic mass is 79.9. The van der Waals surface area contributed by atoms with Crippen molar-refractivity contribution in [3.63, 3.8) is 0 Å². The molecule has 0 bridgehead atoms. The summed E-state index contributed by atoms with van der Waals surface area (Å²) in [4.78, 5) is 0. The quantitative estimate of drug-likeness (QED) is 0.849. The number of benzene rings is 1. The lowest BCUT2D eigenvalue weighted by Gasteiger charge is -2.18. The standard InChI is InChI=1S/C11H13BrFNS/c1-14-10-4-5-15-6-7-9(13)3-2-8(12)11(7)10/h2-3,10,14H,4-6H2,1H3. The molecular weight excluding hydrogens is 277 g/mol. The first-order valence-corrected chi connectivity index (χ1v) is 6.90. The summed E-state index contributed by atoms with van der Waals surface area (Å²) in [6.07, 6.45) is 1.05. The maximum Gasteiger partial charge on any atom is 0.127 e. The van der Waals surface area contributed by atoms with Crippen LogP contribution in [-0.2, 0) is 5.75 Å². The molecular formula is C11H13BrFNS. The molecule has 15 heavy (non-hydrogen) atoms. The van der Waals surface area contributed by atoms with Gasteiger partial charge in [-0.15, -0.1) is 0 Å². The highest BCUT2D eigenvalue weighted by molar-refractivity contribution is 9.10. The fraction of sp³-hybridized carbons (Fsp3) is 0.455. The molecule has 1 heterocycles. The second kappa shape index (κ2) is 4.85. The van der Waals surface area contributed by atoms with E-state index in [2.05, 4.69) is 21.2 Å². The first kappa shape index (κ1) is 11.4. The fourth-order valence-corrected chi connectivity index (χ4v) is 3.63. The van der Waals surface area contributed by atoms with Gasteiger partial charge in [0.05, 0.1) is 0 Å². The molecule has 1 unspecified atom stereocenters. The molecule has 4 heteroatoms. The molecule has 2 rings (SSSR count). The Balaban J connectivity index is 2.54. The van der Waals surface area contributed by atoms with Crippen molar-refractivity contribution >= 4 is 27.7 Å². The third-order valence-corrected chi connectivity index (χ3v) is 4.45. The lowest BCUT2D eigenvalue weighted by molar-refractivity contribution is 0.563. The van der Waals surface area contributed by atoms with Crippen molar-refractivity contribution in [2.24, 2.45) is 0 Å². The van der Waals surface area contributed by atoms with Gasteiger partial charge in [0.25, 0.3) is 0 Å². The van der Waals surface area contributed by atoms with E-state index in [-0.39, 0.29) is 11.9 Å². The van der Waals surface area contributed by atoms with Crippen molar-refractivity contribution in [1.82, 2.24) is 5.32 Å². The molecule has 0 spiro atoms. The zero-order chi connectivity index (χ0) is 10.8. The van der Waals surface area contributed by atoms with Crippen LogP contribution >= 0.6 is 27.7 Å². The number of halogens is 2. The maximum atomic E-state index is 13.7. The summed E-state index contributed by atoms with van der Waals surface area (Å²) in [5.41, 5.74) is 1.95. The topological polar surface area (TPSA) is 12.0 Å². The monoisotopic (exact) mass is 289 g/mol. The highest BCUT2D eigenvalue weighted by Gasteiger charge is 2.22. The van der Waals surface area contributed by atoms with Crippen molar-refractivity contribution in [3.8, 4) is 0 Å². The van der Waals surface area contributed by atoms with Gasteiger partial charge < -0.3 is 5.32 Å². The summed E-state index contributed by atoms with van der Waals surface area (Å²) in [5, 5.41) is 3.26. The number of hydrogen-bond acceptors (Lipinski definition) is 2. The van der Waals surface area contributed by atoms with Gasteiger partial charge in [-0.25, -0.2) is 4.39 Å². The molecule has 82 valence electrons. The largest absolute Gasteiger partial charge is 0.313 e. The maximum absolute atomic E-state index is 13.7. The van der Waals surface area contributed by atoms with Crippen LogP contribution in [0.4, 0.5) is 4.39 Å². The molecule has 1 N–H and O–H groups in total. The molecule has 0 saturated carbocycles. The molecule has 1 aromatic carbocycles. The summed E-state index contributed by atoms with van der Waals surface area (Å²) in [6, 6.07) is 3.61. The van der Waals surface area contributed by atoms with E-state index in [1.165, 1.54) is 0 Å². The zero-order valence-electron chi connectivity index (χ0n) is 8.52. The molecule has 0 radical (unpaired) electrons. The molecule has 1 aromatic rings. The number of thioether (sulfide) groups is 1. The van der Waals surface area contributed by atoms with Gasteiger partial charge in [0.15, 0.2) is 0 Å². The Bertz CT molecular complexity index is 370. The Morgan fingerprint density at radius 3 is 3.07 bits per heavy atom. The summed E-state index contributed by atoms with van der Waals surface area (Å²) < 4.78 is 14.7. The lowest BCUT2D eigenvalue weighted by Crippen LogP contribution is -2.18. The Labute approximate surface area is 102 Å². The Morgan fingerprint density at radius 2 is 2.33 bits per heavy atom. The molecule has 0 saturated heterocycles. The Morgan fingerprint density at radius 1 is 1.53 bits per heavy atom. The van der Waals surface area contributed by atoms with Gasteiger partial charge in [-0.05, 0) is 36.9 Å². The SMILES string of the molecule is CNC1CCSCc2c(F)ccc(Br)c21. The van der Waals surface area contributed by atoms with Gasteiger partial charge in [-0.1, -0.05) is 15.9 Å². The van der Waals surface area contributed by atoms with Crippen LogP contribution in [0.25, 0.3) is 0 Å². The van der Waals surface area contributed by atoms with Gasteiger partial charge in [0.2, 0.25) is 0 Å². The van der Waals surface area contributed by atoms with Crippen LogP contribution in [0.5, 0.6) is 0 Å². The van der Waals surface area contributed by atoms with Crippen LogP contribution in [-0.4, -0.2) is 12.8 Å². The molecule has 0 amide bonds. The average Bonchev–Trinajstić information content (AvgIpc) is 2.46. The molecule has 1 aliphatic heterocycles. The van der Waals surface area contributed by atoms with Crippen LogP contribution in [0.1, 0.15) is 23.6 Å². The van der Waals surface area contributed by atoms with E-state index in [0.717, 1.165) is 33.5 Å². The van der Waals surface area contributed by atoms with Gasteiger partial charge in [0.1, 0.15) is 5.82 Å². The van der Waals surface area contributed by atoms with Crippen LogP contribution in [0.2, 0.25) is 0 Å². The van der Waals surface area contributed by atoms with Crippen molar-refractivity contribution in [1.29, 1.82) is 0 Å². The van der Waals surface area contributed by atoms with Crippen LogP contribution in [0.3, 0.4) is 0 Å². The van der Waals surface area contributed by atoms with Gasteiger partial charge >= 0.3 is 0 Å². The van der Waals surface area contributed by atoms with E-state index in [1.54, 1.807) is 23.9 Å². The molecule has 1 atom stereocenters. The third kappa shape index (κ3) is 2.22. The van der Waals surface area contributed by atoms with Crippen LogP contribution in [0, 0.1) is 5.82 Å². The Hall–Kier alpha value is -0.0600. The van der Waals surface area contributed by atoms with Gasteiger partial charge in [0, 0.05) is 21.8 Å². The number of rotatable bonds is 1. The van der Waals surface area contributed by atoms with E-state index < -0.39 is 0 Å². The van der Waals surface area contributed by atoms with Gasteiger partial charge in [-0.2, -0.15) is 11.8 Å². The predicted molar refractivity (Wildman–Crippen MR) is 66.7 cm³/mol. The summed E-state index contributed by atoms with van der Waals surface area (Å²) >= 11 is 5.32. The van der Waals surface area contributed by atoms with Crippen molar-refractivity contribution in [3.05, 3.63) is 33.5 Å². The van der Waals surface area contributed by atoms with Crippen molar-refractivity contribution in [2.45, 2.75) is 18.2 Å². The fourth-order valence-electron chi connectivity index (χ4n) is 1.94. The number of nitrogens with one attached hydrogen (secondary N) is 1. The van der Waals surface area contributed by atoms with E-state index in [1.807, 2.05) is 7.05 Å². The van der Waals surface area contributed by atoms with Crippen LogP contribution in [0.15, 0.2) is 16.6 Å². The minimum absolute atomic E-state index is 0.0807. The molecule has 0 fully saturated rings. The second-order valence-electron chi connectivity index (χ2n) is 3.60. The predicted octanol–water partition coefficient (Wildman–Crippen LogP) is 3.49. The molecule has 1 nitrogen and oxygen atoms in total. The van der Waals surface area contributed by atoms with E-state index in [0.29, 0.717) is 0 Å². The smallest absolute Gasteiger partial charge is 0.127 e. The summed E-state index contributed by atoms with van der Waals surface area (Å²) in [5.74, 6) is 1.77. The molecule has 1 aliphatic rings. The van der Waals surface area contributed by atoms with Crippen molar-refractivity contribution in [2.75, 3.05) is 12.8 Å². The van der Waals surface area contributed by atoms with Gasteiger partial charge in [-0.3, -0.25) is 0 Å². The molecule has 0 aliphatic carbocycles. The van der Waals surface area contributed by atoms with Crippen molar-refractivity contribution < 1.29 is 4.39 Å². The first-order chi connectivity index (χ1) is 7.24. The highest BCUT2D eigenvalue weighted by Crippen LogP contribution is 2.36. The van der Waals surface area contributed by atoms with E-state index in [9.17, 15) is 4.39 Å². The molecule has 0 aromatic heterocycles. The average molecular weight is 290 g/mol. The number of hydrogen-bond donors (Lipinski definition) is 1. The van der Waals surface area contributed by atoms with E-state index >= 15 is 0 Å².